The third-order valence-electron chi connectivity index (χ3n) is 6.91. The number of hydrogen-bond acceptors (Lipinski definition) is 4. The molecule has 0 fully saturated rings. The first kappa shape index (κ1) is 25.1. The highest BCUT2D eigenvalue weighted by atomic mass is 31.2. The topological polar surface area (TPSA) is 52.6 Å². The van der Waals surface area contributed by atoms with Crippen molar-refractivity contribution in [1.29, 1.82) is 0 Å². The van der Waals surface area contributed by atoms with Gasteiger partial charge in [-0.3, -0.25) is 4.79 Å². The highest BCUT2D eigenvalue weighted by molar-refractivity contribution is 8.17. The first-order chi connectivity index (χ1) is 18.1. The van der Waals surface area contributed by atoms with Crippen LogP contribution in [-0.2, 0) is 19.1 Å². The Morgan fingerprint density at radius 2 is 0.946 bits per heavy atom. The molecule has 0 bridgehead atoms. The van der Waals surface area contributed by atoms with Gasteiger partial charge in [0.2, 0.25) is 0 Å². The van der Waals surface area contributed by atoms with Gasteiger partial charge in [-0.05, 0) is 40.5 Å². The molecule has 6 heteroatoms. The van der Waals surface area contributed by atoms with E-state index in [9.17, 15) is 9.59 Å². The van der Waals surface area contributed by atoms with E-state index in [1.54, 1.807) is 0 Å². The van der Waals surface area contributed by atoms with Crippen molar-refractivity contribution in [2.45, 2.75) is 5.66 Å². The van der Waals surface area contributed by atoms with E-state index in [0.29, 0.717) is 5.29 Å². The fourth-order valence-electron chi connectivity index (χ4n) is 5.35. The Morgan fingerprint density at radius 3 is 1.30 bits per heavy atom. The second kappa shape index (κ2) is 10.4. The molecule has 0 aromatic heterocycles. The molecule has 1 aliphatic rings. The van der Waals surface area contributed by atoms with Crippen LogP contribution in [0.2, 0.25) is 0 Å². The minimum absolute atomic E-state index is 0.425. The Bertz CT molecular complexity index is 1440. The smallest absolute Gasteiger partial charge is 0.336 e. The van der Waals surface area contributed by atoms with Crippen LogP contribution < -0.4 is 21.2 Å². The van der Waals surface area contributed by atoms with Crippen LogP contribution >= 0.6 is 13.8 Å². The van der Waals surface area contributed by atoms with Crippen LogP contribution in [-0.4, -0.2) is 42.6 Å². The molecule has 4 nitrogen and oxygen atoms in total. The van der Waals surface area contributed by atoms with Crippen molar-refractivity contribution in [3.63, 3.8) is 0 Å². The summed E-state index contributed by atoms with van der Waals surface area (Å²) in [5.41, 5.74) is 1.56. The molecule has 4 aromatic rings. The minimum atomic E-state index is -2.74. The molecule has 0 saturated heterocycles. The van der Waals surface area contributed by atoms with Gasteiger partial charge in [0.05, 0.1) is 19.5 Å². The van der Waals surface area contributed by atoms with E-state index in [-0.39, 0.29) is 0 Å². The van der Waals surface area contributed by atoms with Gasteiger partial charge in [-0.2, -0.15) is 0 Å². The zero-order chi connectivity index (χ0) is 25.9. The number of benzene rings is 4. The van der Waals surface area contributed by atoms with Crippen molar-refractivity contribution in [3.8, 4) is 0 Å². The highest BCUT2D eigenvalue weighted by Gasteiger charge is 2.53. The maximum Gasteiger partial charge on any atom is 0.336 e. The minimum Gasteiger partial charge on any atom is -0.468 e. The third-order valence-corrected chi connectivity index (χ3v) is 17.0. The summed E-state index contributed by atoms with van der Waals surface area (Å²) in [5, 5.41) is 4.53. The van der Waals surface area contributed by atoms with Crippen LogP contribution in [0.25, 0.3) is 0 Å². The summed E-state index contributed by atoms with van der Waals surface area (Å²) < 4.78 is 10.9. The predicted molar refractivity (Wildman–Crippen MR) is 157 cm³/mol. The van der Waals surface area contributed by atoms with E-state index in [1.807, 2.05) is 72.8 Å². The largest absolute Gasteiger partial charge is 0.468 e. The lowest BCUT2D eigenvalue weighted by Crippen LogP contribution is -2.41. The molecule has 0 saturated carbocycles. The summed E-state index contributed by atoms with van der Waals surface area (Å²) in [7, 11) is 2.78. The van der Waals surface area contributed by atoms with Crippen molar-refractivity contribution in [1.82, 2.24) is 0 Å². The van der Waals surface area contributed by atoms with Gasteiger partial charge in [-0.1, -0.05) is 121 Å². The molecule has 0 amide bonds. The van der Waals surface area contributed by atoms with Crippen LogP contribution in [0.15, 0.2) is 121 Å². The van der Waals surface area contributed by atoms with Crippen molar-refractivity contribution in [3.05, 3.63) is 121 Å². The maximum absolute atomic E-state index is 13.9. The molecule has 0 radical (unpaired) electrons. The number of hydrogen-bond donors (Lipinski definition) is 0. The first-order valence-electron chi connectivity index (χ1n) is 12.0. The average Bonchev–Trinajstić information content (AvgIpc) is 3.32. The molecule has 4 aromatic carbocycles. The monoisotopic (exact) mass is 526 g/mol. The molecule has 0 aliphatic carbocycles. The standard InChI is InChI=1S/C31H28O4P2/c1-34-30(32)28-29(31(33)35-2)37(26-19-11-5-12-20-26,27-21-13-6-14-22-27)23-36(28,24-15-7-3-8-16-24)25-17-9-4-10-18-25/h3-23,28H,1-2H3. The average molecular weight is 527 g/mol. The van der Waals surface area contributed by atoms with E-state index in [2.05, 4.69) is 54.1 Å². The quantitative estimate of drug-likeness (QED) is 0.282. The lowest BCUT2D eigenvalue weighted by atomic mass is 10.3. The molecule has 37 heavy (non-hydrogen) atoms. The van der Waals surface area contributed by atoms with Gasteiger partial charge in [0, 0.05) is 0 Å². The Labute approximate surface area is 217 Å². The molecule has 1 atom stereocenters. The lowest BCUT2D eigenvalue weighted by Gasteiger charge is -2.31. The van der Waals surface area contributed by atoms with Gasteiger partial charge in [0.1, 0.15) is 5.66 Å². The van der Waals surface area contributed by atoms with Crippen molar-refractivity contribution < 1.29 is 19.1 Å². The Kier molecular flexibility index (Phi) is 7.07. The summed E-state index contributed by atoms with van der Waals surface area (Å²) in [6, 6.07) is 40.3. The highest BCUT2D eigenvalue weighted by Crippen LogP contribution is 2.66. The van der Waals surface area contributed by atoms with E-state index < -0.39 is 31.4 Å². The third kappa shape index (κ3) is 4.02. The number of ether oxygens (including phenoxy) is 2. The molecule has 1 aliphatic heterocycles. The van der Waals surface area contributed by atoms with Crippen LogP contribution in [0.3, 0.4) is 0 Å². The van der Waals surface area contributed by atoms with Gasteiger partial charge in [0.15, 0.2) is 0 Å². The Hall–Kier alpha value is -3.58. The van der Waals surface area contributed by atoms with Crippen LogP contribution in [0.4, 0.5) is 0 Å². The number of methoxy groups -OCH3 is 2. The van der Waals surface area contributed by atoms with Crippen molar-refractivity contribution in [2.75, 3.05) is 14.2 Å². The van der Waals surface area contributed by atoms with Gasteiger partial charge in [0.25, 0.3) is 0 Å². The zero-order valence-electron chi connectivity index (χ0n) is 20.7. The molecule has 1 unspecified atom stereocenters. The van der Waals surface area contributed by atoms with Crippen LogP contribution in [0.1, 0.15) is 0 Å². The molecule has 1 heterocycles. The summed E-state index contributed by atoms with van der Waals surface area (Å²) >= 11 is 0. The summed E-state index contributed by atoms with van der Waals surface area (Å²) in [4.78, 5) is 27.8. The van der Waals surface area contributed by atoms with Gasteiger partial charge < -0.3 is 9.47 Å². The van der Waals surface area contributed by atoms with E-state index in [1.165, 1.54) is 14.2 Å². The van der Waals surface area contributed by atoms with E-state index >= 15 is 0 Å². The normalized spacial score (nSPS) is 17.5. The van der Waals surface area contributed by atoms with Crippen LogP contribution in [0.5, 0.6) is 0 Å². The molecule has 0 spiro atoms. The van der Waals surface area contributed by atoms with Crippen molar-refractivity contribution >= 4 is 57.8 Å². The number of esters is 2. The van der Waals surface area contributed by atoms with Gasteiger partial charge in [-0.15, -0.1) is 0 Å². The molecule has 186 valence electrons. The molecular formula is C31H28O4P2. The summed E-state index contributed by atoms with van der Waals surface area (Å²) in [6.07, 6.45) is 0. The fourth-order valence-corrected chi connectivity index (χ4v) is 18.0. The first-order valence-corrected chi connectivity index (χ1v) is 15.8. The zero-order valence-corrected chi connectivity index (χ0v) is 22.5. The Balaban J connectivity index is 2.08. The second-order valence-corrected chi connectivity index (χ2v) is 15.7. The lowest BCUT2D eigenvalue weighted by molar-refractivity contribution is -0.140. The predicted octanol–water partition coefficient (Wildman–Crippen LogP) is 3.98. The van der Waals surface area contributed by atoms with E-state index in [4.69, 9.17) is 9.47 Å². The van der Waals surface area contributed by atoms with Crippen LogP contribution in [0, 0.1) is 0 Å². The second-order valence-electron chi connectivity index (χ2n) is 8.76. The summed E-state index contributed by atoms with van der Waals surface area (Å²) in [6.45, 7) is -5.44. The van der Waals surface area contributed by atoms with Crippen molar-refractivity contribution in [2.24, 2.45) is 0 Å². The Morgan fingerprint density at radius 1 is 0.568 bits per heavy atom. The van der Waals surface area contributed by atoms with Gasteiger partial charge in [-0.25, -0.2) is 4.79 Å². The molecular weight excluding hydrogens is 498 g/mol. The van der Waals surface area contributed by atoms with E-state index in [0.717, 1.165) is 21.2 Å². The molecule has 0 N–H and O–H groups in total. The fraction of sp³-hybridized carbons (Fsp3) is 0.0968. The number of carbonyl (C=O) groups excluding carboxylic acids is 2. The van der Waals surface area contributed by atoms with Gasteiger partial charge >= 0.3 is 11.9 Å². The number of rotatable bonds is 6. The summed E-state index contributed by atoms with van der Waals surface area (Å²) in [5.74, 6) is -0.896. The maximum atomic E-state index is 13.9. The molecule has 5 rings (SSSR count). The number of carbonyl (C=O) groups is 2. The SMILES string of the molecule is COC(=O)C1=P(c2ccccc2)(c2ccccc2)C=P(c2ccccc2)(c2ccccc2)C1C(=O)OC.